The maximum atomic E-state index is 12.5. The van der Waals surface area contributed by atoms with E-state index in [1.807, 2.05) is 19.2 Å². The minimum absolute atomic E-state index is 0. The molecule has 1 amide bonds. The van der Waals surface area contributed by atoms with Crippen molar-refractivity contribution in [1.29, 1.82) is 0 Å². The van der Waals surface area contributed by atoms with E-state index in [1.165, 1.54) is 5.56 Å². The quantitative estimate of drug-likeness (QED) is 0.669. The first-order valence-electron chi connectivity index (χ1n) is 9.10. The number of nitrogens with zero attached hydrogens (tertiary/aromatic N) is 2. The summed E-state index contributed by atoms with van der Waals surface area (Å²) in [5.74, 6) is 0.504. The van der Waals surface area contributed by atoms with Gasteiger partial charge in [0.25, 0.3) is 5.91 Å². The highest BCUT2D eigenvalue weighted by atomic mass is 35.5. The maximum Gasteiger partial charge on any atom is 0.253 e. The Bertz CT molecular complexity index is 506. The molecule has 1 unspecified atom stereocenters. The SMILES string of the molecule is CCN(Cc1ccc(C(=O)N(C)CCC(N)C(C)C)cc1)C(C)C.Cl.Cl. The smallest absolute Gasteiger partial charge is 0.253 e. The van der Waals surface area contributed by atoms with Gasteiger partial charge in [0.2, 0.25) is 0 Å². The molecule has 0 aliphatic rings. The zero-order valence-electron chi connectivity index (χ0n) is 17.1. The van der Waals surface area contributed by atoms with Gasteiger partial charge >= 0.3 is 0 Å². The normalized spacial score (nSPS) is 11.9. The Kier molecular flexibility index (Phi) is 14.1. The van der Waals surface area contributed by atoms with Crippen LogP contribution >= 0.6 is 24.8 Å². The van der Waals surface area contributed by atoms with Gasteiger partial charge in [-0.15, -0.1) is 24.8 Å². The van der Waals surface area contributed by atoms with Crippen molar-refractivity contribution in [2.45, 2.75) is 59.7 Å². The van der Waals surface area contributed by atoms with Crippen molar-refractivity contribution in [3.05, 3.63) is 35.4 Å². The van der Waals surface area contributed by atoms with Gasteiger partial charge in [-0.2, -0.15) is 0 Å². The number of carbonyl (C=O) groups is 1. The van der Waals surface area contributed by atoms with E-state index in [0.29, 0.717) is 18.5 Å². The van der Waals surface area contributed by atoms with Crippen LogP contribution in [0, 0.1) is 5.92 Å². The van der Waals surface area contributed by atoms with Crippen LogP contribution in [-0.4, -0.2) is 47.9 Å². The zero-order valence-corrected chi connectivity index (χ0v) is 18.7. The van der Waals surface area contributed by atoms with E-state index in [2.05, 4.69) is 51.7 Å². The fourth-order valence-electron chi connectivity index (χ4n) is 2.64. The van der Waals surface area contributed by atoms with Crippen molar-refractivity contribution in [2.24, 2.45) is 11.7 Å². The molecule has 1 aromatic rings. The summed E-state index contributed by atoms with van der Waals surface area (Å²) < 4.78 is 0. The van der Waals surface area contributed by atoms with Crippen LogP contribution in [0.1, 0.15) is 57.0 Å². The number of amides is 1. The highest BCUT2D eigenvalue weighted by molar-refractivity contribution is 5.94. The lowest BCUT2D eigenvalue weighted by molar-refractivity contribution is 0.0789. The molecule has 6 heteroatoms. The Morgan fingerprint density at radius 3 is 2.04 bits per heavy atom. The van der Waals surface area contributed by atoms with E-state index in [9.17, 15) is 4.79 Å². The molecule has 0 aliphatic heterocycles. The van der Waals surface area contributed by atoms with Gasteiger partial charge in [-0.3, -0.25) is 9.69 Å². The lowest BCUT2D eigenvalue weighted by Crippen LogP contribution is -2.34. The van der Waals surface area contributed by atoms with Crippen molar-refractivity contribution in [2.75, 3.05) is 20.1 Å². The minimum Gasteiger partial charge on any atom is -0.342 e. The van der Waals surface area contributed by atoms with Gasteiger partial charge in [0.15, 0.2) is 0 Å². The number of rotatable bonds is 9. The van der Waals surface area contributed by atoms with Crippen LogP contribution in [-0.2, 0) is 6.54 Å². The van der Waals surface area contributed by atoms with Gasteiger partial charge in [-0.1, -0.05) is 32.9 Å². The van der Waals surface area contributed by atoms with Crippen molar-refractivity contribution in [1.82, 2.24) is 9.80 Å². The second-order valence-electron chi connectivity index (χ2n) is 7.28. The molecule has 1 rings (SSSR count). The molecule has 0 spiro atoms. The number of hydrogen-bond acceptors (Lipinski definition) is 3. The van der Waals surface area contributed by atoms with Gasteiger partial charge in [-0.25, -0.2) is 0 Å². The van der Waals surface area contributed by atoms with E-state index in [4.69, 9.17) is 5.73 Å². The Morgan fingerprint density at radius 2 is 1.62 bits per heavy atom. The molecule has 26 heavy (non-hydrogen) atoms. The van der Waals surface area contributed by atoms with E-state index >= 15 is 0 Å². The zero-order chi connectivity index (χ0) is 18.3. The molecule has 1 aromatic carbocycles. The number of carbonyl (C=O) groups excluding carboxylic acids is 1. The molecule has 0 heterocycles. The van der Waals surface area contributed by atoms with Crippen LogP contribution < -0.4 is 5.73 Å². The van der Waals surface area contributed by atoms with Crippen LogP contribution in [0.4, 0.5) is 0 Å². The molecule has 0 fully saturated rings. The molecule has 2 N–H and O–H groups in total. The number of hydrogen-bond donors (Lipinski definition) is 1. The maximum absolute atomic E-state index is 12.5. The molecule has 1 atom stereocenters. The fourth-order valence-corrected chi connectivity index (χ4v) is 2.64. The van der Waals surface area contributed by atoms with Crippen LogP contribution in [0.5, 0.6) is 0 Å². The number of benzene rings is 1. The average Bonchev–Trinajstić information content (AvgIpc) is 2.56. The summed E-state index contributed by atoms with van der Waals surface area (Å²) in [6.45, 7) is 13.4. The van der Waals surface area contributed by atoms with Crippen LogP contribution in [0.3, 0.4) is 0 Å². The Balaban J connectivity index is 0. The predicted molar refractivity (Wildman–Crippen MR) is 117 cm³/mol. The van der Waals surface area contributed by atoms with E-state index in [0.717, 1.165) is 25.1 Å². The van der Waals surface area contributed by atoms with Gasteiger partial charge in [0.1, 0.15) is 0 Å². The second kappa shape index (κ2) is 13.4. The third-order valence-electron chi connectivity index (χ3n) is 4.72. The molecule has 0 bridgehead atoms. The first-order chi connectivity index (χ1) is 11.3. The van der Waals surface area contributed by atoms with Gasteiger partial charge < -0.3 is 10.6 Å². The van der Waals surface area contributed by atoms with E-state index < -0.39 is 0 Å². The van der Waals surface area contributed by atoms with Crippen molar-refractivity contribution in [3.8, 4) is 0 Å². The number of halogens is 2. The highest BCUT2D eigenvalue weighted by Gasteiger charge is 2.15. The molecule has 152 valence electrons. The first-order valence-corrected chi connectivity index (χ1v) is 9.10. The largest absolute Gasteiger partial charge is 0.342 e. The van der Waals surface area contributed by atoms with Crippen LogP contribution in [0.15, 0.2) is 24.3 Å². The Labute approximate surface area is 172 Å². The molecule has 0 radical (unpaired) electrons. The summed E-state index contributed by atoms with van der Waals surface area (Å²) in [5, 5.41) is 0. The van der Waals surface area contributed by atoms with Gasteiger partial charge in [0.05, 0.1) is 0 Å². The molecular weight excluding hydrogens is 369 g/mol. The summed E-state index contributed by atoms with van der Waals surface area (Å²) in [5.41, 5.74) is 8.05. The lowest BCUT2D eigenvalue weighted by atomic mass is 10.0. The number of nitrogens with two attached hydrogens (primary N) is 1. The molecule has 0 saturated heterocycles. The highest BCUT2D eigenvalue weighted by Crippen LogP contribution is 2.12. The fraction of sp³-hybridized carbons (Fsp3) is 0.650. The van der Waals surface area contributed by atoms with E-state index in [1.54, 1.807) is 4.90 Å². The van der Waals surface area contributed by atoms with E-state index in [-0.39, 0.29) is 36.8 Å². The third-order valence-corrected chi connectivity index (χ3v) is 4.72. The molecular formula is C20H37Cl2N3O. The molecule has 0 saturated carbocycles. The van der Waals surface area contributed by atoms with Crippen molar-refractivity contribution >= 4 is 30.7 Å². The Morgan fingerprint density at radius 1 is 1.08 bits per heavy atom. The second-order valence-corrected chi connectivity index (χ2v) is 7.28. The predicted octanol–water partition coefficient (Wildman–Crippen LogP) is 4.21. The monoisotopic (exact) mass is 405 g/mol. The summed E-state index contributed by atoms with van der Waals surface area (Å²) in [6.07, 6.45) is 0.831. The standard InChI is InChI=1S/C20H35N3O.2ClH/c1-7-23(16(4)5)14-17-8-10-18(11-9-17)20(24)22(6)13-12-19(21)15(2)3;;/h8-11,15-16,19H,7,12-14,21H2,1-6H3;2*1H. The molecule has 4 nitrogen and oxygen atoms in total. The summed E-state index contributed by atoms with van der Waals surface area (Å²) in [7, 11) is 1.85. The molecule has 0 aromatic heterocycles. The molecule has 0 aliphatic carbocycles. The van der Waals surface area contributed by atoms with Crippen LogP contribution in [0.2, 0.25) is 0 Å². The first kappa shape index (κ1) is 27.4. The van der Waals surface area contributed by atoms with Gasteiger partial charge in [-0.05, 0) is 50.4 Å². The average molecular weight is 406 g/mol. The van der Waals surface area contributed by atoms with Crippen LogP contribution in [0.25, 0.3) is 0 Å². The summed E-state index contributed by atoms with van der Waals surface area (Å²) >= 11 is 0. The van der Waals surface area contributed by atoms with Crippen molar-refractivity contribution in [3.63, 3.8) is 0 Å². The summed E-state index contributed by atoms with van der Waals surface area (Å²) in [4.78, 5) is 16.7. The third kappa shape index (κ3) is 8.72. The summed E-state index contributed by atoms with van der Waals surface area (Å²) in [6, 6.07) is 8.65. The lowest BCUT2D eigenvalue weighted by Gasteiger charge is -2.25. The topological polar surface area (TPSA) is 49.6 Å². The Hall–Kier alpha value is -0.810. The van der Waals surface area contributed by atoms with Crippen molar-refractivity contribution < 1.29 is 4.79 Å². The van der Waals surface area contributed by atoms with Gasteiger partial charge in [0, 0.05) is 37.8 Å². The minimum atomic E-state index is 0.